The highest BCUT2D eigenvalue weighted by atomic mass is 28.4. The van der Waals surface area contributed by atoms with Gasteiger partial charge in [0.15, 0.2) is 0 Å². The van der Waals surface area contributed by atoms with Crippen molar-refractivity contribution in [2.45, 2.75) is 6.92 Å². The molecule has 0 bridgehead atoms. The minimum Gasteiger partial charge on any atom is -0.392 e. The maximum Gasteiger partial charge on any atom is 0.390 e. The van der Waals surface area contributed by atoms with E-state index in [2.05, 4.69) is 13.2 Å². The van der Waals surface area contributed by atoms with Crippen molar-refractivity contribution in [1.29, 1.82) is 0 Å². The molecule has 0 heterocycles. The number of hydrogen-bond acceptors (Lipinski definition) is 2. The summed E-state index contributed by atoms with van der Waals surface area (Å²) < 4.78 is 10.5. The van der Waals surface area contributed by atoms with E-state index in [0.29, 0.717) is 6.61 Å². The van der Waals surface area contributed by atoms with E-state index in [9.17, 15) is 0 Å². The van der Waals surface area contributed by atoms with Gasteiger partial charge in [0.25, 0.3) is 0 Å². The monoisotopic (exact) mass is 158 g/mol. The molecular formula is C7H14O2Si. The zero-order valence-corrected chi connectivity index (χ0v) is 7.59. The van der Waals surface area contributed by atoms with E-state index in [-0.39, 0.29) is 0 Å². The molecule has 0 aromatic carbocycles. The zero-order chi connectivity index (χ0) is 8.04. The summed E-state index contributed by atoms with van der Waals surface area (Å²) in [5.74, 6) is 0. The smallest absolute Gasteiger partial charge is 0.390 e. The van der Waals surface area contributed by atoms with Gasteiger partial charge in [-0.2, -0.15) is 0 Å². The standard InChI is InChI=1S/C7H14O2Si/c1-5-9-10(6-2,7-3)8-4/h6-7H,2-3,5H2,1,4H3. The van der Waals surface area contributed by atoms with Crippen molar-refractivity contribution >= 4 is 8.56 Å². The predicted octanol–water partition coefficient (Wildman–Crippen LogP) is 1.56. The highest BCUT2D eigenvalue weighted by Gasteiger charge is 2.27. The topological polar surface area (TPSA) is 18.5 Å². The first-order chi connectivity index (χ1) is 4.74. The lowest BCUT2D eigenvalue weighted by molar-refractivity contribution is 0.233. The SMILES string of the molecule is C=C[Si](C=C)(OC)OCC. The largest absolute Gasteiger partial charge is 0.392 e. The summed E-state index contributed by atoms with van der Waals surface area (Å²) in [6.45, 7) is 9.83. The van der Waals surface area contributed by atoms with Crippen LogP contribution in [0.15, 0.2) is 24.6 Å². The van der Waals surface area contributed by atoms with Gasteiger partial charge in [0, 0.05) is 13.7 Å². The molecule has 0 unspecified atom stereocenters. The van der Waals surface area contributed by atoms with Crippen molar-refractivity contribution in [3.63, 3.8) is 0 Å². The molecule has 0 atom stereocenters. The normalized spacial score (nSPS) is 11.0. The van der Waals surface area contributed by atoms with Gasteiger partial charge in [-0.05, 0) is 18.3 Å². The molecule has 0 aliphatic carbocycles. The maximum absolute atomic E-state index is 5.36. The second kappa shape index (κ2) is 4.44. The van der Waals surface area contributed by atoms with Crippen LogP contribution in [0, 0.1) is 0 Å². The predicted molar refractivity (Wildman–Crippen MR) is 44.8 cm³/mol. The Bertz CT molecular complexity index is 115. The first-order valence-corrected chi connectivity index (χ1v) is 5.18. The van der Waals surface area contributed by atoms with Gasteiger partial charge < -0.3 is 8.85 Å². The lowest BCUT2D eigenvalue weighted by atomic mass is 10.9. The lowest BCUT2D eigenvalue weighted by Crippen LogP contribution is -2.36. The molecule has 0 rings (SSSR count). The summed E-state index contributed by atoms with van der Waals surface area (Å²) >= 11 is 0. The molecule has 58 valence electrons. The van der Waals surface area contributed by atoms with E-state index in [4.69, 9.17) is 8.85 Å². The van der Waals surface area contributed by atoms with Gasteiger partial charge in [0.1, 0.15) is 0 Å². The Hall–Kier alpha value is -0.383. The molecule has 0 spiro atoms. The molecule has 2 nitrogen and oxygen atoms in total. The van der Waals surface area contributed by atoms with Crippen LogP contribution in [-0.2, 0) is 8.85 Å². The third-order valence-electron chi connectivity index (χ3n) is 1.26. The lowest BCUT2D eigenvalue weighted by Gasteiger charge is -2.20. The van der Waals surface area contributed by atoms with Gasteiger partial charge >= 0.3 is 8.56 Å². The summed E-state index contributed by atoms with van der Waals surface area (Å²) in [5.41, 5.74) is 3.42. The fourth-order valence-corrected chi connectivity index (χ4v) is 1.96. The van der Waals surface area contributed by atoms with Gasteiger partial charge in [-0.3, -0.25) is 0 Å². The Morgan fingerprint density at radius 1 is 1.40 bits per heavy atom. The van der Waals surface area contributed by atoms with Crippen LogP contribution in [0.5, 0.6) is 0 Å². The van der Waals surface area contributed by atoms with Crippen LogP contribution in [0.4, 0.5) is 0 Å². The fourth-order valence-electron chi connectivity index (χ4n) is 0.652. The third-order valence-corrected chi connectivity index (χ3v) is 3.77. The summed E-state index contributed by atoms with van der Waals surface area (Å²) in [4.78, 5) is 0. The Balaban J connectivity index is 4.14. The van der Waals surface area contributed by atoms with Crippen molar-refractivity contribution in [3.05, 3.63) is 24.6 Å². The number of hydrogen-bond donors (Lipinski definition) is 0. The Morgan fingerprint density at radius 2 is 1.90 bits per heavy atom. The molecule has 0 aliphatic rings. The fraction of sp³-hybridized carbons (Fsp3) is 0.429. The van der Waals surface area contributed by atoms with E-state index in [0.717, 1.165) is 0 Å². The molecule has 0 N–H and O–H groups in total. The minimum absolute atomic E-state index is 0.637. The molecule has 0 radical (unpaired) electrons. The van der Waals surface area contributed by atoms with Crippen LogP contribution < -0.4 is 0 Å². The van der Waals surface area contributed by atoms with Crippen molar-refractivity contribution in [2.24, 2.45) is 0 Å². The van der Waals surface area contributed by atoms with Gasteiger partial charge in [0.2, 0.25) is 0 Å². The average Bonchev–Trinajstić information content (AvgIpc) is 2.01. The average molecular weight is 158 g/mol. The van der Waals surface area contributed by atoms with E-state index in [1.807, 2.05) is 6.92 Å². The summed E-state index contributed by atoms with van der Waals surface area (Å²) in [7, 11) is -0.573. The molecular weight excluding hydrogens is 144 g/mol. The van der Waals surface area contributed by atoms with Gasteiger partial charge in [-0.1, -0.05) is 0 Å². The van der Waals surface area contributed by atoms with Crippen molar-refractivity contribution in [3.8, 4) is 0 Å². The molecule has 0 aromatic heterocycles. The minimum atomic E-state index is -2.19. The Morgan fingerprint density at radius 3 is 2.00 bits per heavy atom. The molecule has 0 amide bonds. The van der Waals surface area contributed by atoms with E-state index >= 15 is 0 Å². The number of rotatable bonds is 5. The van der Waals surface area contributed by atoms with Crippen molar-refractivity contribution in [2.75, 3.05) is 13.7 Å². The van der Waals surface area contributed by atoms with Crippen LogP contribution in [0.3, 0.4) is 0 Å². The highest BCUT2D eigenvalue weighted by molar-refractivity contribution is 6.77. The Labute approximate surface area is 63.4 Å². The molecule has 0 aliphatic heterocycles. The highest BCUT2D eigenvalue weighted by Crippen LogP contribution is 2.07. The quantitative estimate of drug-likeness (QED) is 0.565. The van der Waals surface area contributed by atoms with Crippen LogP contribution in [0.1, 0.15) is 6.92 Å². The van der Waals surface area contributed by atoms with Crippen LogP contribution in [0.2, 0.25) is 0 Å². The van der Waals surface area contributed by atoms with E-state index in [1.165, 1.54) is 0 Å². The third kappa shape index (κ3) is 2.09. The first kappa shape index (κ1) is 9.62. The summed E-state index contributed by atoms with van der Waals surface area (Å²) in [6, 6.07) is 0. The zero-order valence-electron chi connectivity index (χ0n) is 6.59. The van der Waals surface area contributed by atoms with Crippen molar-refractivity contribution < 1.29 is 8.85 Å². The van der Waals surface area contributed by atoms with Gasteiger partial charge in [0.05, 0.1) is 0 Å². The van der Waals surface area contributed by atoms with Crippen molar-refractivity contribution in [1.82, 2.24) is 0 Å². The molecule has 0 saturated heterocycles. The van der Waals surface area contributed by atoms with Gasteiger partial charge in [-0.15, -0.1) is 13.2 Å². The molecule has 0 aromatic rings. The van der Waals surface area contributed by atoms with Crippen LogP contribution in [-0.4, -0.2) is 22.3 Å². The van der Waals surface area contributed by atoms with Gasteiger partial charge in [-0.25, -0.2) is 0 Å². The maximum atomic E-state index is 5.36. The van der Waals surface area contributed by atoms with E-state index in [1.54, 1.807) is 18.5 Å². The second-order valence-electron chi connectivity index (χ2n) is 1.77. The molecule has 0 saturated carbocycles. The molecule has 3 heteroatoms. The van der Waals surface area contributed by atoms with Crippen LogP contribution >= 0.6 is 0 Å². The first-order valence-electron chi connectivity index (χ1n) is 3.21. The second-order valence-corrected chi connectivity index (χ2v) is 4.72. The molecule has 10 heavy (non-hydrogen) atoms. The van der Waals surface area contributed by atoms with E-state index < -0.39 is 8.56 Å². The summed E-state index contributed by atoms with van der Waals surface area (Å²) in [6.07, 6.45) is 0. The van der Waals surface area contributed by atoms with Crippen LogP contribution in [0.25, 0.3) is 0 Å². The molecule has 0 fully saturated rings. The Kier molecular flexibility index (Phi) is 4.27. The summed E-state index contributed by atoms with van der Waals surface area (Å²) in [5, 5.41) is 0.